The quantitative estimate of drug-likeness (QED) is 0.0254. The van der Waals surface area contributed by atoms with Gasteiger partial charge in [0.05, 0.1) is 42.7 Å². The van der Waals surface area contributed by atoms with Crippen molar-refractivity contribution in [2.45, 2.75) is 294 Å². The Balaban J connectivity index is 1.43. The number of hydrogen-bond donors (Lipinski definition) is 0. The summed E-state index contributed by atoms with van der Waals surface area (Å²) in [4.78, 5) is 11.8. The van der Waals surface area contributed by atoms with Crippen LogP contribution in [0, 0.1) is 0 Å². The van der Waals surface area contributed by atoms with Crippen molar-refractivity contribution in [3.63, 3.8) is 0 Å². The highest BCUT2D eigenvalue weighted by atomic mass is 28.3. The zero-order valence-electron chi connectivity index (χ0n) is 46.1. The Kier molecular flexibility index (Phi) is 31.7. The smallest absolute Gasteiger partial charge is 0.334 e. The van der Waals surface area contributed by atoms with Gasteiger partial charge in [-0.05, 0) is 95.3 Å². The van der Waals surface area contributed by atoms with Crippen LogP contribution in [0.1, 0.15) is 168 Å². The van der Waals surface area contributed by atoms with Crippen LogP contribution in [0.25, 0.3) is 0 Å². The van der Waals surface area contributed by atoms with E-state index in [1.807, 2.05) is 13.0 Å². The monoisotopic (exact) mass is 1010 g/mol. The van der Waals surface area contributed by atoms with E-state index in [0.717, 1.165) is 127 Å². The number of hydrogen-bond acceptors (Lipinski definition) is 10. The second kappa shape index (κ2) is 34.9. The van der Waals surface area contributed by atoms with Gasteiger partial charge in [0, 0.05) is 49.6 Å². The van der Waals surface area contributed by atoms with Crippen molar-refractivity contribution in [3.05, 3.63) is 11.6 Å². The van der Waals surface area contributed by atoms with E-state index in [2.05, 4.69) is 65.8 Å². The fourth-order valence-corrected chi connectivity index (χ4v) is 11.8. The molecule has 0 unspecified atom stereocenters. The summed E-state index contributed by atoms with van der Waals surface area (Å²) in [6, 6.07) is 3.47. The zero-order chi connectivity index (χ0) is 49.7. The van der Waals surface area contributed by atoms with Crippen molar-refractivity contribution < 1.29 is 47.4 Å². The van der Waals surface area contributed by atoms with Gasteiger partial charge in [0.15, 0.2) is 0 Å². The predicted octanol–water partition coefficient (Wildman–Crippen LogP) is 14.9. The number of unbranched alkanes of at least 4 members (excludes halogenated alkanes) is 12. The molecule has 3 heterocycles. The molecule has 68 heavy (non-hydrogen) atoms. The standard InChI is InChI=1S/C55H108O10Si3/c1-12-13-28-48(60-43-57-36-39-66(3,4)5)29-24-22-26-31-50(62-45-59-38-41-68(9,10)11)52-33-35-54(65-52)53-34-32-51(64-53)49(61-44-58-37-40-67(6,7)8)30-25-21-19-17-15-14-16-18-20-23-27-47-42-46(2)63-55(47)56/h42,46,48-54H,12-41,43-45H2,1-11H3/t46-,48-,49+,50+,51+,52+,53+,54+/m0/s1. The van der Waals surface area contributed by atoms with Crippen molar-refractivity contribution in [3.8, 4) is 0 Å². The maximum absolute atomic E-state index is 11.8. The van der Waals surface area contributed by atoms with Crippen molar-refractivity contribution in [2.24, 2.45) is 0 Å². The number of rotatable bonds is 43. The Morgan fingerprint density at radius 1 is 0.529 bits per heavy atom. The first-order valence-corrected chi connectivity index (χ1v) is 39.3. The predicted molar refractivity (Wildman–Crippen MR) is 289 cm³/mol. The minimum absolute atomic E-state index is 0.0257. The third-order valence-electron chi connectivity index (χ3n) is 14.1. The average Bonchev–Trinajstić information content (AvgIpc) is 4.03. The summed E-state index contributed by atoms with van der Waals surface area (Å²) in [5.74, 6) is -0.113. The van der Waals surface area contributed by atoms with Crippen LogP contribution in [0.2, 0.25) is 77.1 Å². The van der Waals surface area contributed by atoms with Crippen LogP contribution in [-0.4, -0.2) is 119 Å². The molecule has 3 aliphatic rings. The minimum atomic E-state index is -1.17. The fourth-order valence-electron chi connectivity index (χ4n) is 9.48. The molecule has 0 aromatic carbocycles. The van der Waals surface area contributed by atoms with Gasteiger partial charge in [-0.25, -0.2) is 4.79 Å². The number of carbonyl (C=O) groups excluding carboxylic acids is 1. The van der Waals surface area contributed by atoms with Crippen molar-refractivity contribution in [1.82, 2.24) is 0 Å². The van der Waals surface area contributed by atoms with Crippen LogP contribution in [0.4, 0.5) is 0 Å². The summed E-state index contributed by atoms with van der Waals surface area (Å²) in [5, 5.41) is 0. The Morgan fingerprint density at radius 3 is 1.35 bits per heavy atom. The third kappa shape index (κ3) is 29.9. The molecule has 3 aliphatic heterocycles. The Hall–Kier alpha value is -0.459. The number of carbonyl (C=O) groups is 1. The van der Waals surface area contributed by atoms with Gasteiger partial charge >= 0.3 is 5.97 Å². The van der Waals surface area contributed by atoms with E-state index in [-0.39, 0.29) is 54.8 Å². The van der Waals surface area contributed by atoms with Gasteiger partial charge in [0.1, 0.15) is 26.5 Å². The molecule has 0 bridgehead atoms. The van der Waals surface area contributed by atoms with E-state index in [1.165, 1.54) is 70.3 Å². The molecule has 8 atom stereocenters. The maximum atomic E-state index is 11.8. The zero-order valence-corrected chi connectivity index (χ0v) is 49.1. The summed E-state index contributed by atoms with van der Waals surface area (Å²) < 4.78 is 56.4. The van der Waals surface area contributed by atoms with Gasteiger partial charge < -0.3 is 42.6 Å². The highest BCUT2D eigenvalue weighted by molar-refractivity contribution is 6.76. The molecule has 0 radical (unpaired) electrons. The van der Waals surface area contributed by atoms with Gasteiger partial charge in [-0.15, -0.1) is 0 Å². The lowest BCUT2D eigenvalue weighted by molar-refractivity contribution is -0.162. The summed E-state index contributed by atoms with van der Waals surface area (Å²) in [5.41, 5.74) is 0.875. The molecule has 2 saturated heterocycles. The first-order valence-electron chi connectivity index (χ1n) is 28.2. The van der Waals surface area contributed by atoms with Crippen LogP contribution in [0.3, 0.4) is 0 Å². The van der Waals surface area contributed by atoms with Crippen LogP contribution < -0.4 is 0 Å². The number of ether oxygens (including phenoxy) is 9. The Morgan fingerprint density at radius 2 is 0.926 bits per heavy atom. The molecule has 0 aliphatic carbocycles. The fraction of sp³-hybridized carbons (Fsp3) is 0.945. The molecule has 0 N–H and O–H groups in total. The van der Waals surface area contributed by atoms with Crippen molar-refractivity contribution in [1.29, 1.82) is 0 Å². The average molecular weight is 1010 g/mol. The van der Waals surface area contributed by atoms with E-state index in [0.29, 0.717) is 20.4 Å². The van der Waals surface area contributed by atoms with Gasteiger partial charge in [-0.2, -0.15) is 0 Å². The topological polar surface area (TPSA) is 100 Å². The first-order chi connectivity index (χ1) is 32.4. The largest absolute Gasteiger partial charge is 0.455 e. The van der Waals surface area contributed by atoms with Gasteiger partial charge in [0.25, 0.3) is 0 Å². The molecule has 0 amide bonds. The number of esters is 1. The molecule has 10 nitrogen and oxygen atoms in total. The number of cyclic esters (lactones) is 1. The van der Waals surface area contributed by atoms with E-state index < -0.39 is 24.2 Å². The van der Waals surface area contributed by atoms with E-state index in [1.54, 1.807) is 0 Å². The van der Waals surface area contributed by atoms with Crippen LogP contribution >= 0.6 is 0 Å². The van der Waals surface area contributed by atoms with Gasteiger partial charge in [-0.1, -0.05) is 156 Å². The minimum Gasteiger partial charge on any atom is -0.455 e. The SMILES string of the molecule is CCCC[C@@H](CCCCC[C@@H](OCOCC[Si](C)(C)C)[C@H]1CC[C@H]([C@H]2CC[C@H]([C@@H](CCCCCCCCCCCCC3=C[C@H](C)OC3=O)OCOCC[Si](C)(C)C)O2)O1)OCOCC[Si](C)(C)C. The molecule has 2 fully saturated rings. The summed E-state index contributed by atoms with van der Waals surface area (Å²) in [6.45, 7) is 29.2. The lowest BCUT2D eigenvalue weighted by Gasteiger charge is -2.28. The molecule has 0 aromatic heterocycles. The second-order valence-electron chi connectivity index (χ2n) is 24.4. The molecular formula is C55H108O10Si3. The third-order valence-corrected chi connectivity index (χ3v) is 19.2. The van der Waals surface area contributed by atoms with Gasteiger partial charge in [0.2, 0.25) is 0 Å². The van der Waals surface area contributed by atoms with Crippen LogP contribution in [0.15, 0.2) is 11.6 Å². The van der Waals surface area contributed by atoms with E-state index >= 15 is 0 Å². The molecule has 400 valence electrons. The molecule has 0 saturated carbocycles. The lowest BCUT2D eigenvalue weighted by atomic mass is 10.00. The molecule has 13 heteroatoms. The molecule has 0 aromatic rings. The Bertz CT molecular complexity index is 1320. The molecular weight excluding hydrogens is 905 g/mol. The van der Waals surface area contributed by atoms with Crippen molar-refractivity contribution >= 4 is 30.2 Å². The molecule has 0 spiro atoms. The first kappa shape index (κ1) is 61.8. The van der Waals surface area contributed by atoms with Crippen LogP contribution in [-0.2, 0) is 47.4 Å². The Labute approximate surface area is 421 Å². The summed E-state index contributed by atoms with van der Waals surface area (Å²) >= 11 is 0. The molecule has 3 rings (SSSR count). The van der Waals surface area contributed by atoms with E-state index in [4.69, 9.17) is 42.6 Å². The normalized spacial score (nSPS) is 22.8. The summed E-state index contributed by atoms with van der Waals surface area (Å²) in [7, 11) is -3.44. The maximum Gasteiger partial charge on any atom is 0.334 e. The lowest BCUT2D eigenvalue weighted by Crippen LogP contribution is -2.35. The van der Waals surface area contributed by atoms with Crippen molar-refractivity contribution in [2.75, 3.05) is 40.2 Å². The highest BCUT2D eigenvalue weighted by Crippen LogP contribution is 2.36. The second-order valence-corrected chi connectivity index (χ2v) is 41.3. The highest BCUT2D eigenvalue weighted by Gasteiger charge is 2.42. The van der Waals surface area contributed by atoms with Gasteiger partial charge in [-0.3, -0.25) is 0 Å². The van der Waals surface area contributed by atoms with E-state index in [9.17, 15) is 4.79 Å². The van der Waals surface area contributed by atoms with Crippen LogP contribution in [0.5, 0.6) is 0 Å². The summed E-state index contributed by atoms with van der Waals surface area (Å²) in [6.07, 6.45) is 29.9.